The van der Waals surface area contributed by atoms with E-state index < -0.39 is 0 Å². The molecule has 4 heteroatoms. The molecule has 0 saturated carbocycles. The van der Waals surface area contributed by atoms with Gasteiger partial charge in [-0.3, -0.25) is 0 Å². The molecule has 0 fully saturated rings. The molecule has 0 atom stereocenters. The van der Waals surface area contributed by atoms with Gasteiger partial charge in [-0.15, -0.1) is 0 Å². The van der Waals surface area contributed by atoms with Crippen molar-refractivity contribution in [1.82, 2.24) is 0 Å². The first-order valence-electron chi connectivity index (χ1n) is 7.17. The van der Waals surface area contributed by atoms with Crippen LogP contribution in [0.5, 0.6) is 11.5 Å². The lowest BCUT2D eigenvalue weighted by Gasteiger charge is -2.12. The zero-order valence-corrected chi connectivity index (χ0v) is 12.4. The van der Waals surface area contributed by atoms with Gasteiger partial charge in [0.1, 0.15) is 19.7 Å². The van der Waals surface area contributed by atoms with Crippen LogP contribution >= 0.6 is 0 Å². The summed E-state index contributed by atoms with van der Waals surface area (Å²) in [6.45, 7) is 8.40. The van der Waals surface area contributed by atoms with E-state index >= 15 is 0 Å². The highest BCUT2D eigenvalue weighted by atomic mass is 16.5. The maximum absolute atomic E-state index is 5.64. The minimum absolute atomic E-state index is 0.476. The number of furan rings is 1. The molecule has 2 N–H and O–H groups in total. The van der Waals surface area contributed by atoms with Crippen molar-refractivity contribution in [3.05, 3.63) is 60.6 Å². The molecule has 0 unspecified atom stereocenters. The average molecular weight is 288 g/mol. The van der Waals surface area contributed by atoms with E-state index in [0.29, 0.717) is 13.2 Å². The lowest BCUT2D eigenvalue weighted by atomic mass is 10.2. The monoisotopic (exact) mass is 288 g/mol. The molecule has 0 amide bonds. The Morgan fingerprint density at radius 3 is 2.81 bits per heavy atom. The number of rotatable bonds is 9. The molecule has 4 nitrogen and oxygen atoms in total. The van der Waals surface area contributed by atoms with E-state index in [1.807, 2.05) is 31.2 Å². The van der Waals surface area contributed by atoms with Gasteiger partial charge in [0.05, 0.1) is 12.9 Å². The van der Waals surface area contributed by atoms with Gasteiger partial charge in [-0.05, 0) is 37.3 Å². The molecule has 0 aliphatic rings. The molecule has 112 valence electrons. The molecule has 0 radical (unpaired) electrons. The SMILES string of the molecule is C=CCOc1ccc(C[NH2+]Cc2ccco2)cc1OCC. The van der Waals surface area contributed by atoms with E-state index in [4.69, 9.17) is 13.9 Å². The molecule has 1 aromatic carbocycles. The number of quaternary nitrogens is 1. The Bertz CT molecular complexity index is 549. The van der Waals surface area contributed by atoms with Crippen LogP contribution in [0.2, 0.25) is 0 Å². The number of hydrogen-bond donors (Lipinski definition) is 1. The fraction of sp³-hybridized carbons (Fsp3) is 0.294. The second-order valence-electron chi connectivity index (χ2n) is 4.59. The highest BCUT2D eigenvalue weighted by molar-refractivity contribution is 5.42. The van der Waals surface area contributed by atoms with Crippen molar-refractivity contribution in [2.45, 2.75) is 20.0 Å². The zero-order valence-electron chi connectivity index (χ0n) is 12.4. The number of ether oxygens (including phenoxy) is 2. The summed E-state index contributed by atoms with van der Waals surface area (Å²) in [7, 11) is 0. The first-order chi connectivity index (χ1) is 10.3. The molecule has 0 saturated heterocycles. The Hall–Kier alpha value is -2.20. The molecule has 1 heterocycles. The summed E-state index contributed by atoms with van der Waals surface area (Å²) in [5, 5.41) is 2.19. The van der Waals surface area contributed by atoms with E-state index in [0.717, 1.165) is 30.3 Å². The maximum atomic E-state index is 5.64. The largest absolute Gasteiger partial charge is 0.490 e. The molecule has 21 heavy (non-hydrogen) atoms. The normalized spacial score (nSPS) is 10.3. The van der Waals surface area contributed by atoms with Gasteiger partial charge in [0, 0.05) is 5.56 Å². The van der Waals surface area contributed by atoms with Crippen molar-refractivity contribution in [2.75, 3.05) is 13.2 Å². The van der Waals surface area contributed by atoms with Crippen molar-refractivity contribution in [3.8, 4) is 11.5 Å². The van der Waals surface area contributed by atoms with Crippen LogP contribution in [0.25, 0.3) is 0 Å². The third kappa shape index (κ3) is 4.68. The van der Waals surface area contributed by atoms with Crippen LogP contribution in [0.15, 0.2) is 53.7 Å². The third-order valence-electron chi connectivity index (χ3n) is 2.97. The molecule has 0 aliphatic carbocycles. The minimum atomic E-state index is 0.476. The summed E-state index contributed by atoms with van der Waals surface area (Å²) in [4.78, 5) is 0. The maximum Gasteiger partial charge on any atom is 0.161 e. The molecular formula is C17H22NO3+. The Labute approximate surface area is 125 Å². The molecular weight excluding hydrogens is 266 g/mol. The molecule has 2 aromatic rings. The summed E-state index contributed by atoms with van der Waals surface area (Å²) in [6, 6.07) is 9.92. The molecule has 1 aromatic heterocycles. The van der Waals surface area contributed by atoms with Crippen LogP contribution < -0.4 is 14.8 Å². The quantitative estimate of drug-likeness (QED) is 0.721. The number of hydrogen-bond acceptors (Lipinski definition) is 3. The van der Waals surface area contributed by atoms with Gasteiger partial charge >= 0.3 is 0 Å². The highest BCUT2D eigenvalue weighted by Crippen LogP contribution is 2.28. The number of nitrogens with two attached hydrogens (primary N) is 1. The van der Waals surface area contributed by atoms with Crippen LogP contribution in [0, 0.1) is 0 Å². The van der Waals surface area contributed by atoms with Gasteiger partial charge in [-0.2, -0.15) is 0 Å². The van der Waals surface area contributed by atoms with Crippen molar-refractivity contribution in [3.63, 3.8) is 0 Å². The van der Waals surface area contributed by atoms with Crippen LogP contribution in [-0.4, -0.2) is 13.2 Å². The van der Waals surface area contributed by atoms with Crippen molar-refractivity contribution in [2.24, 2.45) is 0 Å². The highest BCUT2D eigenvalue weighted by Gasteiger charge is 2.07. The first kappa shape index (κ1) is 15.2. The van der Waals surface area contributed by atoms with E-state index in [-0.39, 0.29) is 0 Å². The third-order valence-corrected chi connectivity index (χ3v) is 2.97. The average Bonchev–Trinajstić information content (AvgIpc) is 3.00. The second kappa shape index (κ2) is 8.17. The van der Waals surface area contributed by atoms with Crippen LogP contribution in [0.4, 0.5) is 0 Å². The van der Waals surface area contributed by atoms with Crippen molar-refractivity contribution >= 4 is 0 Å². The van der Waals surface area contributed by atoms with Gasteiger partial charge in [-0.25, -0.2) is 0 Å². The minimum Gasteiger partial charge on any atom is -0.490 e. The first-order valence-corrected chi connectivity index (χ1v) is 7.17. The predicted molar refractivity (Wildman–Crippen MR) is 81.3 cm³/mol. The van der Waals surface area contributed by atoms with Gasteiger partial charge < -0.3 is 19.2 Å². The van der Waals surface area contributed by atoms with Crippen LogP contribution in [0.3, 0.4) is 0 Å². The Balaban J connectivity index is 1.95. The fourth-order valence-corrected chi connectivity index (χ4v) is 2.03. The Morgan fingerprint density at radius 1 is 1.19 bits per heavy atom. The molecule has 2 rings (SSSR count). The van der Waals surface area contributed by atoms with Crippen molar-refractivity contribution in [1.29, 1.82) is 0 Å². The molecule has 0 aliphatic heterocycles. The standard InChI is InChI=1S/C17H21NO3/c1-3-9-21-16-8-7-14(11-17(16)19-4-2)12-18-13-15-6-5-10-20-15/h3,5-8,10-11,18H,1,4,9,12-13H2,2H3/p+1. The van der Waals surface area contributed by atoms with E-state index in [1.54, 1.807) is 12.3 Å². The summed E-state index contributed by atoms with van der Waals surface area (Å²) in [5.74, 6) is 2.51. The van der Waals surface area contributed by atoms with Gasteiger partial charge in [0.2, 0.25) is 0 Å². The predicted octanol–water partition coefficient (Wildman–Crippen LogP) is 2.51. The summed E-state index contributed by atoms with van der Waals surface area (Å²) in [5.41, 5.74) is 1.19. The van der Waals surface area contributed by atoms with Crippen LogP contribution in [-0.2, 0) is 13.1 Å². The lowest BCUT2D eigenvalue weighted by molar-refractivity contribution is -0.688. The zero-order chi connectivity index (χ0) is 14.9. The summed E-state index contributed by atoms with van der Waals surface area (Å²) < 4.78 is 16.5. The topological polar surface area (TPSA) is 48.2 Å². The van der Waals surface area contributed by atoms with Gasteiger partial charge in [0.25, 0.3) is 0 Å². The van der Waals surface area contributed by atoms with E-state index in [2.05, 4.69) is 18.0 Å². The van der Waals surface area contributed by atoms with Crippen molar-refractivity contribution < 1.29 is 19.2 Å². The van der Waals surface area contributed by atoms with Gasteiger partial charge in [-0.1, -0.05) is 12.7 Å². The second-order valence-corrected chi connectivity index (χ2v) is 4.59. The van der Waals surface area contributed by atoms with E-state index in [9.17, 15) is 0 Å². The fourth-order valence-electron chi connectivity index (χ4n) is 2.03. The molecule has 0 spiro atoms. The molecule has 0 bridgehead atoms. The lowest BCUT2D eigenvalue weighted by Crippen LogP contribution is -2.80. The number of benzene rings is 1. The Kier molecular flexibility index (Phi) is 5.91. The van der Waals surface area contributed by atoms with Gasteiger partial charge in [0.15, 0.2) is 17.3 Å². The Morgan fingerprint density at radius 2 is 2.10 bits per heavy atom. The summed E-state index contributed by atoms with van der Waals surface area (Å²) >= 11 is 0. The summed E-state index contributed by atoms with van der Waals surface area (Å²) in [6.07, 6.45) is 3.42. The van der Waals surface area contributed by atoms with E-state index in [1.165, 1.54) is 5.56 Å². The van der Waals surface area contributed by atoms with Crippen LogP contribution in [0.1, 0.15) is 18.2 Å². The smallest absolute Gasteiger partial charge is 0.161 e.